The molecule has 3 aromatic carbocycles. The van der Waals surface area contributed by atoms with E-state index in [0.717, 1.165) is 34.3 Å². The summed E-state index contributed by atoms with van der Waals surface area (Å²) in [6, 6.07) is 22.9. The maximum absolute atomic E-state index is 12.5. The van der Waals surface area contributed by atoms with E-state index in [1.54, 1.807) is 36.4 Å². The Morgan fingerprint density at radius 2 is 1.36 bits per heavy atom. The van der Waals surface area contributed by atoms with E-state index < -0.39 is 5.97 Å². The third-order valence-electron chi connectivity index (χ3n) is 6.29. The summed E-state index contributed by atoms with van der Waals surface area (Å²) < 4.78 is 25.5. The Morgan fingerprint density at radius 3 is 1.80 bits per heavy atom. The van der Waals surface area contributed by atoms with E-state index in [9.17, 15) is 14.4 Å². The first-order chi connectivity index (χ1) is 21.9. The van der Waals surface area contributed by atoms with Gasteiger partial charge in [-0.2, -0.15) is 0 Å². The summed E-state index contributed by atoms with van der Waals surface area (Å²) in [5.41, 5.74) is 5.13. The molecule has 0 radical (unpaired) electrons. The van der Waals surface area contributed by atoms with Crippen LogP contribution >= 0.6 is 0 Å². The zero-order valence-corrected chi connectivity index (χ0v) is 25.1. The number of ether oxygens (including phenoxy) is 5. The highest BCUT2D eigenvalue weighted by atomic mass is 16.6. The average molecular weight is 613 g/mol. The number of carbonyl (C=O) groups is 3. The van der Waals surface area contributed by atoms with Gasteiger partial charge in [0.25, 0.3) is 0 Å². The van der Waals surface area contributed by atoms with Crippen LogP contribution in [0.4, 0.5) is 0 Å². The molecule has 0 unspecified atom stereocenters. The second-order valence-electron chi connectivity index (χ2n) is 9.57. The number of benzene rings is 3. The van der Waals surface area contributed by atoms with Crippen molar-refractivity contribution in [3.63, 3.8) is 0 Å². The van der Waals surface area contributed by atoms with Crippen molar-refractivity contribution in [1.29, 1.82) is 0 Å². The highest BCUT2D eigenvalue weighted by molar-refractivity contribution is 5.91. The first-order valence-electron chi connectivity index (χ1n) is 14.1. The van der Waals surface area contributed by atoms with Crippen molar-refractivity contribution >= 4 is 18.2 Å². The molecule has 234 valence electrons. The molecule has 0 saturated heterocycles. The van der Waals surface area contributed by atoms with E-state index in [4.69, 9.17) is 19.3 Å². The van der Waals surface area contributed by atoms with Gasteiger partial charge in [-0.15, -0.1) is 0 Å². The van der Waals surface area contributed by atoms with Crippen LogP contribution in [0.5, 0.6) is 11.5 Å². The molecule has 1 aliphatic rings. The van der Waals surface area contributed by atoms with E-state index in [-0.39, 0.29) is 25.8 Å². The number of hydrogen-bond acceptors (Lipinski definition) is 9. The van der Waals surface area contributed by atoms with E-state index in [1.807, 2.05) is 48.5 Å². The minimum absolute atomic E-state index is 0.0431. The van der Waals surface area contributed by atoms with Crippen LogP contribution in [-0.4, -0.2) is 56.9 Å². The molecule has 9 heteroatoms. The van der Waals surface area contributed by atoms with E-state index in [1.165, 1.54) is 7.11 Å². The molecule has 0 fully saturated rings. The van der Waals surface area contributed by atoms with Gasteiger partial charge < -0.3 is 28.8 Å². The van der Waals surface area contributed by atoms with Crippen molar-refractivity contribution in [1.82, 2.24) is 0 Å². The second-order valence-corrected chi connectivity index (χ2v) is 9.57. The maximum Gasteiger partial charge on any atom is 0.348 e. The standard InChI is InChI=1S/C31H28O7.C5H8O2/c1-2-35-30(33)21-37-28-13-7-24(8-14-28)22-3-5-23(6-4-22)25-9-17-29(18-10-25)38-31(34)26-11-15-27(16-12-26)36-20-19-32;1-5(3-6)4-7-2/h2-11,13-15,17-18,32H,1,12,16,19-21H2;3H,1,4H2,2H3. The van der Waals surface area contributed by atoms with Crippen LogP contribution in [0.1, 0.15) is 12.8 Å². The molecule has 0 bridgehead atoms. The summed E-state index contributed by atoms with van der Waals surface area (Å²) in [4.78, 5) is 33.6. The number of aliphatic hydroxyl groups is 1. The number of allylic oxidation sites excluding steroid dienone is 3. The normalized spacial score (nSPS) is 11.9. The number of rotatable bonds is 14. The van der Waals surface area contributed by atoms with Gasteiger partial charge in [0, 0.05) is 24.7 Å². The van der Waals surface area contributed by atoms with Crippen LogP contribution in [-0.2, 0) is 28.6 Å². The van der Waals surface area contributed by atoms with Crippen LogP contribution in [0.3, 0.4) is 0 Å². The fourth-order valence-electron chi connectivity index (χ4n) is 4.06. The number of methoxy groups -OCH3 is 1. The summed E-state index contributed by atoms with van der Waals surface area (Å²) in [7, 11) is 1.52. The number of carbonyl (C=O) groups excluding carboxylic acids is 3. The third-order valence-corrected chi connectivity index (χ3v) is 6.29. The Balaban J connectivity index is 0.000000707. The van der Waals surface area contributed by atoms with Gasteiger partial charge in [-0.25, -0.2) is 9.59 Å². The van der Waals surface area contributed by atoms with Gasteiger partial charge in [-0.3, -0.25) is 4.79 Å². The monoisotopic (exact) mass is 612 g/mol. The predicted molar refractivity (Wildman–Crippen MR) is 170 cm³/mol. The Bertz CT molecular complexity index is 1500. The van der Waals surface area contributed by atoms with Crippen LogP contribution < -0.4 is 9.47 Å². The summed E-state index contributed by atoms with van der Waals surface area (Å²) >= 11 is 0. The van der Waals surface area contributed by atoms with Gasteiger partial charge in [-0.05, 0) is 65.1 Å². The Labute approximate surface area is 262 Å². The zero-order valence-electron chi connectivity index (χ0n) is 25.1. The van der Waals surface area contributed by atoms with Crippen LogP contribution in [0.15, 0.2) is 121 Å². The SMILES string of the molecule is C=C(C=O)COC.C=COC(=O)COc1ccc(-c2ccc(-c3ccc(OC(=O)C4=CC=C(OCCO)CC4)cc3)cc2)cc1. The van der Waals surface area contributed by atoms with Gasteiger partial charge in [0.1, 0.15) is 24.4 Å². The van der Waals surface area contributed by atoms with Gasteiger partial charge in [-0.1, -0.05) is 61.7 Å². The lowest BCUT2D eigenvalue weighted by molar-refractivity contribution is -0.140. The molecule has 0 aromatic heterocycles. The second kappa shape index (κ2) is 18.4. The van der Waals surface area contributed by atoms with Gasteiger partial charge in [0.05, 0.1) is 25.2 Å². The number of aliphatic hydroxyl groups excluding tert-OH is 1. The van der Waals surface area contributed by atoms with Crippen molar-refractivity contribution in [2.24, 2.45) is 0 Å². The minimum atomic E-state index is -0.509. The fourth-order valence-corrected chi connectivity index (χ4v) is 4.06. The molecule has 1 aliphatic carbocycles. The molecule has 9 nitrogen and oxygen atoms in total. The van der Waals surface area contributed by atoms with Crippen LogP contribution in [0, 0.1) is 0 Å². The summed E-state index contributed by atoms with van der Waals surface area (Å²) in [5, 5.41) is 8.84. The molecular formula is C36H36O9. The molecule has 3 aromatic rings. The van der Waals surface area contributed by atoms with Gasteiger partial charge in [0.15, 0.2) is 6.61 Å². The van der Waals surface area contributed by atoms with Crippen LogP contribution in [0.2, 0.25) is 0 Å². The largest absolute Gasteiger partial charge is 0.496 e. The Hall–Kier alpha value is -5.25. The highest BCUT2D eigenvalue weighted by Crippen LogP contribution is 2.28. The lowest BCUT2D eigenvalue weighted by Gasteiger charge is -2.14. The highest BCUT2D eigenvalue weighted by Gasteiger charge is 2.16. The molecule has 0 spiro atoms. The average Bonchev–Trinajstić information content (AvgIpc) is 3.08. The van der Waals surface area contributed by atoms with Crippen LogP contribution in [0.25, 0.3) is 22.3 Å². The van der Waals surface area contributed by atoms with E-state index >= 15 is 0 Å². The number of aldehydes is 1. The van der Waals surface area contributed by atoms with E-state index in [0.29, 0.717) is 48.4 Å². The molecule has 1 N–H and O–H groups in total. The van der Waals surface area contributed by atoms with Gasteiger partial charge >= 0.3 is 11.9 Å². The lowest BCUT2D eigenvalue weighted by Crippen LogP contribution is -2.13. The molecule has 0 aliphatic heterocycles. The zero-order chi connectivity index (χ0) is 32.4. The van der Waals surface area contributed by atoms with Crippen molar-refractivity contribution < 1.29 is 43.2 Å². The van der Waals surface area contributed by atoms with Gasteiger partial charge in [0.2, 0.25) is 0 Å². The molecule has 0 amide bonds. The Kier molecular flexibility index (Phi) is 14.0. The third kappa shape index (κ3) is 11.4. The van der Waals surface area contributed by atoms with Crippen molar-refractivity contribution in [2.45, 2.75) is 12.8 Å². The summed E-state index contributed by atoms with van der Waals surface area (Å²) in [5.74, 6) is 0.903. The first kappa shape index (κ1) is 34.2. The summed E-state index contributed by atoms with van der Waals surface area (Å²) in [6.07, 6.45) is 6.33. The predicted octanol–water partition coefficient (Wildman–Crippen LogP) is 5.99. The molecule has 0 atom stereocenters. The molecule has 0 saturated carbocycles. The molecule has 45 heavy (non-hydrogen) atoms. The lowest BCUT2D eigenvalue weighted by atomic mass is 10.0. The first-order valence-corrected chi connectivity index (χ1v) is 14.1. The van der Waals surface area contributed by atoms with Crippen molar-refractivity contribution in [3.8, 4) is 33.8 Å². The molecule has 0 heterocycles. The maximum atomic E-state index is 12.5. The number of esters is 2. The Morgan fingerprint density at radius 1 is 0.800 bits per heavy atom. The molecular weight excluding hydrogens is 576 g/mol. The van der Waals surface area contributed by atoms with E-state index in [2.05, 4.69) is 22.6 Å². The summed E-state index contributed by atoms with van der Waals surface area (Å²) in [6.45, 7) is 7.06. The molecule has 4 rings (SSSR count). The quantitative estimate of drug-likeness (QED) is 0.0770. The van der Waals surface area contributed by atoms with Crippen molar-refractivity contribution in [3.05, 3.63) is 121 Å². The fraction of sp³-hybridized carbons (Fsp3) is 0.194. The topological polar surface area (TPSA) is 118 Å². The van der Waals surface area contributed by atoms with Crippen molar-refractivity contribution in [2.75, 3.05) is 33.5 Å². The number of hydrogen-bond donors (Lipinski definition) is 1. The minimum Gasteiger partial charge on any atom is -0.496 e. The smallest absolute Gasteiger partial charge is 0.348 e.